The second-order valence-electron chi connectivity index (χ2n) is 2.08. The third kappa shape index (κ3) is 4.52. The normalized spacial score (nSPS) is 11.6. The largest absolute Gasteiger partial charge is 0.396 e. The van der Waals surface area contributed by atoms with Crippen LogP contribution in [0, 0.1) is 0 Å². The van der Waals surface area contributed by atoms with Crippen molar-refractivity contribution in [2.45, 2.75) is 12.8 Å². The van der Waals surface area contributed by atoms with E-state index in [4.69, 9.17) is 15.9 Å². The van der Waals surface area contributed by atoms with Gasteiger partial charge in [0.2, 0.25) is 5.91 Å². The van der Waals surface area contributed by atoms with Crippen molar-refractivity contribution in [3.05, 3.63) is 11.6 Å². The van der Waals surface area contributed by atoms with Gasteiger partial charge in [-0.15, -0.1) is 0 Å². The molecular weight excluding hydrogens is 146 g/mol. The second kappa shape index (κ2) is 5.88. The maximum Gasteiger partial charge on any atom is 0.244 e. The molecule has 0 radical (unpaired) electrons. The molecule has 64 valence electrons. The van der Waals surface area contributed by atoms with Crippen LogP contribution in [-0.2, 0) is 4.79 Å². The van der Waals surface area contributed by atoms with E-state index in [0.717, 1.165) is 0 Å². The van der Waals surface area contributed by atoms with Crippen molar-refractivity contribution in [3.63, 3.8) is 0 Å². The predicted molar refractivity (Wildman–Crippen MR) is 40.7 cm³/mol. The molecule has 1 amide bonds. The monoisotopic (exact) mass is 159 g/mol. The summed E-state index contributed by atoms with van der Waals surface area (Å²) >= 11 is 0. The standard InChI is InChI=1S/C7H13NO3/c8-7(11)6(3-5-10)2-1-4-9/h2,9-10H,1,3-5H2,(H2,8,11). The Morgan fingerprint density at radius 2 is 2.00 bits per heavy atom. The number of aliphatic hydroxyl groups is 2. The first-order valence-electron chi connectivity index (χ1n) is 3.43. The van der Waals surface area contributed by atoms with Gasteiger partial charge in [-0.05, 0) is 6.42 Å². The minimum Gasteiger partial charge on any atom is -0.396 e. The van der Waals surface area contributed by atoms with Gasteiger partial charge < -0.3 is 15.9 Å². The van der Waals surface area contributed by atoms with Crippen LogP contribution < -0.4 is 5.73 Å². The Labute approximate surface area is 65.3 Å². The SMILES string of the molecule is NC(=O)C(=CCCO)CCO. The molecule has 0 unspecified atom stereocenters. The summed E-state index contributed by atoms with van der Waals surface area (Å²) in [5.74, 6) is -0.535. The molecule has 4 nitrogen and oxygen atoms in total. The van der Waals surface area contributed by atoms with Crippen molar-refractivity contribution in [1.29, 1.82) is 0 Å². The Balaban J connectivity index is 3.97. The first-order valence-corrected chi connectivity index (χ1v) is 3.43. The van der Waals surface area contributed by atoms with E-state index in [1.54, 1.807) is 6.08 Å². The average molecular weight is 159 g/mol. The van der Waals surface area contributed by atoms with Crippen LogP contribution in [0.5, 0.6) is 0 Å². The first-order chi connectivity index (χ1) is 5.22. The van der Waals surface area contributed by atoms with Crippen molar-refractivity contribution in [3.8, 4) is 0 Å². The van der Waals surface area contributed by atoms with Gasteiger partial charge in [0.05, 0.1) is 0 Å². The number of rotatable bonds is 5. The minimum absolute atomic E-state index is 0.0117. The molecule has 0 aliphatic rings. The van der Waals surface area contributed by atoms with Gasteiger partial charge in [0.15, 0.2) is 0 Å². The molecule has 0 fully saturated rings. The molecular formula is C7H13NO3. The van der Waals surface area contributed by atoms with Crippen LogP contribution in [0.15, 0.2) is 11.6 Å². The summed E-state index contributed by atoms with van der Waals surface area (Å²) < 4.78 is 0. The number of aliphatic hydroxyl groups excluding tert-OH is 2. The van der Waals surface area contributed by atoms with Gasteiger partial charge in [0.25, 0.3) is 0 Å². The van der Waals surface area contributed by atoms with Crippen molar-refractivity contribution in [2.24, 2.45) is 5.73 Å². The molecule has 4 N–H and O–H groups in total. The average Bonchev–Trinajstić information content (AvgIpc) is 1.97. The number of nitrogens with two attached hydrogens (primary N) is 1. The number of hydrogen-bond donors (Lipinski definition) is 3. The Morgan fingerprint density at radius 3 is 2.36 bits per heavy atom. The summed E-state index contributed by atoms with van der Waals surface area (Å²) in [6.07, 6.45) is 2.20. The molecule has 0 bridgehead atoms. The third-order valence-corrected chi connectivity index (χ3v) is 1.22. The van der Waals surface area contributed by atoms with E-state index < -0.39 is 5.91 Å². The third-order valence-electron chi connectivity index (χ3n) is 1.22. The van der Waals surface area contributed by atoms with Crippen molar-refractivity contribution in [1.82, 2.24) is 0 Å². The molecule has 0 aliphatic heterocycles. The summed E-state index contributed by atoms with van der Waals surface area (Å²) in [5.41, 5.74) is 5.34. The van der Waals surface area contributed by atoms with Gasteiger partial charge in [-0.25, -0.2) is 0 Å². The maximum atomic E-state index is 10.6. The van der Waals surface area contributed by atoms with Gasteiger partial charge in [-0.3, -0.25) is 4.79 Å². The summed E-state index contributed by atoms with van der Waals surface area (Å²) in [7, 11) is 0. The lowest BCUT2D eigenvalue weighted by Crippen LogP contribution is -2.15. The lowest BCUT2D eigenvalue weighted by atomic mass is 10.1. The zero-order valence-corrected chi connectivity index (χ0v) is 6.29. The molecule has 0 aromatic carbocycles. The van der Waals surface area contributed by atoms with Gasteiger partial charge in [0.1, 0.15) is 0 Å². The fourth-order valence-electron chi connectivity index (χ4n) is 0.685. The fourth-order valence-corrected chi connectivity index (χ4v) is 0.685. The lowest BCUT2D eigenvalue weighted by molar-refractivity contribution is -0.114. The zero-order valence-electron chi connectivity index (χ0n) is 6.29. The Bertz CT molecular complexity index is 154. The van der Waals surface area contributed by atoms with Gasteiger partial charge in [0, 0.05) is 25.2 Å². The summed E-state index contributed by atoms with van der Waals surface area (Å²) in [4.78, 5) is 10.6. The van der Waals surface area contributed by atoms with Crippen LogP contribution in [0.1, 0.15) is 12.8 Å². The summed E-state index contributed by atoms with van der Waals surface area (Å²) in [6, 6.07) is 0. The topological polar surface area (TPSA) is 83.6 Å². The molecule has 0 spiro atoms. The van der Waals surface area contributed by atoms with E-state index in [-0.39, 0.29) is 19.6 Å². The number of carbonyl (C=O) groups excluding carboxylic acids is 1. The van der Waals surface area contributed by atoms with Crippen molar-refractivity contribution < 1.29 is 15.0 Å². The number of hydrogen-bond acceptors (Lipinski definition) is 3. The van der Waals surface area contributed by atoms with Crippen LogP contribution in [0.4, 0.5) is 0 Å². The van der Waals surface area contributed by atoms with E-state index in [9.17, 15) is 4.79 Å². The van der Waals surface area contributed by atoms with E-state index in [2.05, 4.69) is 0 Å². The lowest BCUT2D eigenvalue weighted by Gasteiger charge is -1.98. The van der Waals surface area contributed by atoms with Gasteiger partial charge in [-0.1, -0.05) is 6.08 Å². The summed E-state index contributed by atoms with van der Waals surface area (Å²) in [6.45, 7) is -0.109. The van der Waals surface area contributed by atoms with Crippen LogP contribution in [0.25, 0.3) is 0 Å². The van der Waals surface area contributed by atoms with Crippen LogP contribution in [0.3, 0.4) is 0 Å². The van der Waals surface area contributed by atoms with Crippen molar-refractivity contribution >= 4 is 5.91 Å². The molecule has 4 heteroatoms. The molecule has 0 saturated heterocycles. The van der Waals surface area contributed by atoms with Gasteiger partial charge >= 0.3 is 0 Å². The van der Waals surface area contributed by atoms with Crippen molar-refractivity contribution in [2.75, 3.05) is 13.2 Å². The molecule has 11 heavy (non-hydrogen) atoms. The van der Waals surface area contributed by atoms with E-state index >= 15 is 0 Å². The highest BCUT2D eigenvalue weighted by Crippen LogP contribution is 2.00. The highest BCUT2D eigenvalue weighted by atomic mass is 16.3. The summed E-state index contributed by atoms with van der Waals surface area (Å²) in [5, 5.41) is 16.9. The predicted octanol–water partition coefficient (Wildman–Crippen LogP) is -0.837. The minimum atomic E-state index is -0.535. The number of primary amides is 1. The Hall–Kier alpha value is -0.870. The second-order valence-corrected chi connectivity index (χ2v) is 2.08. The zero-order chi connectivity index (χ0) is 8.69. The van der Waals surface area contributed by atoms with E-state index in [1.165, 1.54) is 0 Å². The van der Waals surface area contributed by atoms with Crippen LogP contribution in [0.2, 0.25) is 0 Å². The van der Waals surface area contributed by atoms with E-state index in [0.29, 0.717) is 12.0 Å². The Morgan fingerprint density at radius 1 is 1.36 bits per heavy atom. The Kier molecular flexibility index (Phi) is 5.42. The molecule has 0 rings (SSSR count). The smallest absolute Gasteiger partial charge is 0.244 e. The molecule has 0 saturated carbocycles. The van der Waals surface area contributed by atoms with E-state index in [1.807, 2.05) is 0 Å². The maximum absolute atomic E-state index is 10.6. The van der Waals surface area contributed by atoms with Crippen LogP contribution in [-0.4, -0.2) is 29.3 Å². The molecule has 0 aromatic rings. The molecule has 0 aromatic heterocycles. The number of amides is 1. The molecule has 0 atom stereocenters. The highest BCUT2D eigenvalue weighted by molar-refractivity contribution is 5.91. The van der Waals surface area contributed by atoms with Gasteiger partial charge in [-0.2, -0.15) is 0 Å². The number of carbonyl (C=O) groups is 1. The highest BCUT2D eigenvalue weighted by Gasteiger charge is 2.01. The molecule has 0 aliphatic carbocycles. The first kappa shape index (κ1) is 10.1. The molecule has 0 heterocycles. The van der Waals surface area contributed by atoms with Crippen LogP contribution >= 0.6 is 0 Å². The quantitative estimate of drug-likeness (QED) is 0.457. The fraction of sp³-hybridized carbons (Fsp3) is 0.571.